The smallest absolute Gasteiger partial charge is 0.124 e. The van der Waals surface area contributed by atoms with Crippen LogP contribution >= 0.6 is 0 Å². The predicted octanol–water partition coefficient (Wildman–Crippen LogP) is 0.446. The molecular formula is C15H24N4O. The van der Waals surface area contributed by atoms with Gasteiger partial charge in [0, 0.05) is 57.1 Å². The van der Waals surface area contributed by atoms with E-state index in [4.69, 9.17) is 5.73 Å². The van der Waals surface area contributed by atoms with Crippen LogP contribution in [-0.2, 0) is 13.1 Å². The Bertz CT molecular complexity index is 455. The first-order chi connectivity index (χ1) is 9.74. The van der Waals surface area contributed by atoms with Crippen molar-refractivity contribution in [3.63, 3.8) is 0 Å². The summed E-state index contributed by atoms with van der Waals surface area (Å²) in [4.78, 5) is 2.28. The molecule has 1 heterocycles. The third-order valence-corrected chi connectivity index (χ3v) is 3.50. The number of benzene rings is 1. The van der Waals surface area contributed by atoms with Gasteiger partial charge < -0.3 is 21.5 Å². The molecule has 5 heteroatoms. The lowest BCUT2D eigenvalue weighted by molar-refractivity contribution is 0.320. The number of aromatic hydroxyl groups is 1. The highest BCUT2D eigenvalue weighted by Gasteiger charge is 2.15. The Morgan fingerprint density at radius 2 is 2.25 bits per heavy atom. The van der Waals surface area contributed by atoms with Gasteiger partial charge in [0.15, 0.2) is 0 Å². The maximum Gasteiger partial charge on any atom is 0.124 e. The Morgan fingerprint density at radius 1 is 1.45 bits per heavy atom. The minimum atomic E-state index is 0.382. The van der Waals surface area contributed by atoms with Gasteiger partial charge in [-0.05, 0) is 17.7 Å². The number of hydrogen-bond acceptors (Lipinski definition) is 5. The lowest BCUT2D eigenvalue weighted by atomic mass is 10.0. The van der Waals surface area contributed by atoms with Crippen LogP contribution in [0.15, 0.2) is 18.7 Å². The molecule has 0 atom stereocenters. The topological polar surface area (TPSA) is 73.5 Å². The minimum absolute atomic E-state index is 0.382. The molecule has 1 saturated heterocycles. The predicted molar refractivity (Wildman–Crippen MR) is 82.2 cm³/mol. The van der Waals surface area contributed by atoms with Gasteiger partial charge >= 0.3 is 0 Å². The van der Waals surface area contributed by atoms with Gasteiger partial charge in [-0.15, -0.1) is 0 Å². The molecule has 110 valence electrons. The van der Waals surface area contributed by atoms with Crippen LogP contribution in [0.4, 0.5) is 0 Å². The Labute approximate surface area is 120 Å². The van der Waals surface area contributed by atoms with Gasteiger partial charge in [-0.1, -0.05) is 12.7 Å². The summed E-state index contributed by atoms with van der Waals surface area (Å²) in [5.74, 6) is 0.382. The molecule has 1 aliphatic heterocycles. The van der Waals surface area contributed by atoms with Gasteiger partial charge in [0.25, 0.3) is 0 Å². The third kappa shape index (κ3) is 3.80. The Balaban J connectivity index is 2.15. The van der Waals surface area contributed by atoms with Gasteiger partial charge in [-0.2, -0.15) is 0 Å². The van der Waals surface area contributed by atoms with E-state index in [9.17, 15) is 5.11 Å². The van der Waals surface area contributed by atoms with Crippen molar-refractivity contribution in [2.24, 2.45) is 5.73 Å². The van der Waals surface area contributed by atoms with Crippen LogP contribution in [0, 0.1) is 0 Å². The van der Waals surface area contributed by atoms with E-state index in [0.29, 0.717) is 18.8 Å². The first kappa shape index (κ1) is 15.0. The number of nitrogens with two attached hydrogens (primary N) is 1. The molecule has 0 aliphatic carbocycles. The molecule has 0 bridgehead atoms. The fourth-order valence-corrected chi connectivity index (χ4v) is 2.41. The van der Waals surface area contributed by atoms with Crippen molar-refractivity contribution in [2.75, 3.05) is 32.8 Å². The van der Waals surface area contributed by atoms with E-state index in [-0.39, 0.29) is 0 Å². The Morgan fingerprint density at radius 3 is 2.90 bits per heavy atom. The summed E-state index contributed by atoms with van der Waals surface area (Å²) in [6.07, 6.45) is 1.82. The zero-order chi connectivity index (χ0) is 14.4. The molecule has 0 saturated carbocycles. The SMILES string of the molecule is C=Cc1cc(CNCCN)c(O)c(CN2CCNC2)c1. The second-order valence-electron chi connectivity index (χ2n) is 5.07. The highest BCUT2D eigenvalue weighted by Crippen LogP contribution is 2.26. The number of nitrogens with one attached hydrogen (secondary N) is 2. The van der Waals surface area contributed by atoms with Gasteiger partial charge in [-0.25, -0.2) is 0 Å². The van der Waals surface area contributed by atoms with E-state index in [1.165, 1.54) is 0 Å². The van der Waals surface area contributed by atoms with Crippen molar-refractivity contribution in [3.8, 4) is 5.75 Å². The molecule has 0 amide bonds. The molecule has 20 heavy (non-hydrogen) atoms. The number of hydrogen-bond donors (Lipinski definition) is 4. The molecule has 5 N–H and O–H groups in total. The molecule has 0 aromatic heterocycles. The molecule has 2 rings (SSSR count). The van der Waals surface area contributed by atoms with Gasteiger partial charge in [-0.3, -0.25) is 4.90 Å². The summed E-state index contributed by atoms with van der Waals surface area (Å²) in [5.41, 5.74) is 8.36. The quantitative estimate of drug-likeness (QED) is 0.544. The number of phenols is 1. The van der Waals surface area contributed by atoms with Crippen LogP contribution in [0.25, 0.3) is 6.08 Å². The fraction of sp³-hybridized carbons (Fsp3) is 0.467. The van der Waals surface area contributed by atoms with Crippen molar-refractivity contribution < 1.29 is 5.11 Å². The Hall–Kier alpha value is -1.40. The second-order valence-corrected chi connectivity index (χ2v) is 5.07. The van der Waals surface area contributed by atoms with Gasteiger partial charge in [0.1, 0.15) is 5.75 Å². The van der Waals surface area contributed by atoms with E-state index in [1.54, 1.807) is 0 Å². The molecule has 1 aliphatic rings. The number of phenolic OH excluding ortho intramolecular Hbond substituents is 1. The van der Waals surface area contributed by atoms with Crippen molar-refractivity contribution in [2.45, 2.75) is 13.1 Å². The first-order valence-corrected chi connectivity index (χ1v) is 7.05. The van der Waals surface area contributed by atoms with Crippen molar-refractivity contribution in [1.29, 1.82) is 0 Å². The lowest BCUT2D eigenvalue weighted by Crippen LogP contribution is -2.23. The summed E-state index contributed by atoms with van der Waals surface area (Å²) in [6, 6.07) is 3.98. The number of rotatable bonds is 7. The summed E-state index contributed by atoms with van der Waals surface area (Å²) in [7, 11) is 0. The third-order valence-electron chi connectivity index (χ3n) is 3.50. The highest BCUT2D eigenvalue weighted by atomic mass is 16.3. The van der Waals surface area contributed by atoms with Crippen LogP contribution in [0.5, 0.6) is 5.75 Å². The van der Waals surface area contributed by atoms with Crippen LogP contribution in [-0.4, -0.2) is 42.9 Å². The maximum absolute atomic E-state index is 10.4. The number of nitrogens with zero attached hydrogens (tertiary/aromatic N) is 1. The maximum atomic E-state index is 10.4. The fourth-order valence-electron chi connectivity index (χ4n) is 2.41. The molecular weight excluding hydrogens is 252 g/mol. The molecule has 5 nitrogen and oxygen atoms in total. The minimum Gasteiger partial charge on any atom is -0.507 e. The lowest BCUT2D eigenvalue weighted by Gasteiger charge is -2.17. The highest BCUT2D eigenvalue weighted by molar-refractivity contribution is 5.55. The average Bonchev–Trinajstić information content (AvgIpc) is 2.96. The molecule has 1 fully saturated rings. The summed E-state index contributed by atoms with van der Waals surface area (Å²) in [5, 5.41) is 16.9. The summed E-state index contributed by atoms with van der Waals surface area (Å²) < 4.78 is 0. The van der Waals surface area contributed by atoms with Crippen molar-refractivity contribution >= 4 is 6.08 Å². The zero-order valence-electron chi connectivity index (χ0n) is 11.9. The van der Waals surface area contributed by atoms with Crippen LogP contribution in [0.2, 0.25) is 0 Å². The Kier molecular flexibility index (Phi) is 5.55. The van der Waals surface area contributed by atoms with E-state index in [0.717, 1.165) is 49.5 Å². The van der Waals surface area contributed by atoms with E-state index in [1.807, 2.05) is 18.2 Å². The second kappa shape index (κ2) is 7.40. The first-order valence-electron chi connectivity index (χ1n) is 7.05. The summed E-state index contributed by atoms with van der Waals surface area (Å²) in [6.45, 7) is 9.42. The normalized spacial score (nSPS) is 15.7. The monoisotopic (exact) mass is 276 g/mol. The average molecular weight is 276 g/mol. The molecule has 0 unspecified atom stereocenters. The van der Waals surface area contributed by atoms with Crippen LogP contribution in [0.3, 0.4) is 0 Å². The van der Waals surface area contributed by atoms with Crippen molar-refractivity contribution in [3.05, 3.63) is 35.4 Å². The van der Waals surface area contributed by atoms with E-state index >= 15 is 0 Å². The largest absolute Gasteiger partial charge is 0.507 e. The van der Waals surface area contributed by atoms with Gasteiger partial charge in [0.05, 0.1) is 0 Å². The van der Waals surface area contributed by atoms with E-state index < -0.39 is 0 Å². The van der Waals surface area contributed by atoms with Crippen LogP contribution < -0.4 is 16.4 Å². The van der Waals surface area contributed by atoms with Gasteiger partial charge in [0.2, 0.25) is 0 Å². The molecule has 0 radical (unpaired) electrons. The van der Waals surface area contributed by atoms with Crippen LogP contribution in [0.1, 0.15) is 16.7 Å². The zero-order valence-corrected chi connectivity index (χ0v) is 11.9. The van der Waals surface area contributed by atoms with Crippen molar-refractivity contribution in [1.82, 2.24) is 15.5 Å². The molecule has 1 aromatic rings. The standard InChI is InChI=1S/C15H24N4O/c1-2-12-7-13(9-17-4-3-16)15(20)14(8-12)10-19-6-5-18-11-19/h2,7-8,17-18,20H,1,3-6,9-11,16H2. The van der Waals surface area contributed by atoms with E-state index in [2.05, 4.69) is 22.1 Å². The molecule has 0 spiro atoms. The molecule has 1 aromatic carbocycles. The summed E-state index contributed by atoms with van der Waals surface area (Å²) >= 11 is 0.